The first-order valence-electron chi connectivity index (χ1n) is 7.55. The molecule has 1 N–H and O–H groups in total. The minimum absolute atomic E-state index is 0.128. The number of piperidine rings is 1. The number of aromatic nitrogens is 1. The van der Waals surface area contributed by atoms with Crippen LogP contribution in [0.15, 0.2) is 0 Å². The SMILES string of the molecule is COC1(C)CCCN(c2nc3c(s2)CCCC3C(=O)O)C1. The molecule has 0 bridgehead atoms. The molecule has 0 aromatic carbocycles. The van der Waals surface area contributed by atoms with Gasteiger partial charge in [-0.25, -0.2) is 4.98 Å². The van der Waals surface area contributed by atoms with E-state index in [4.69, 9.17) is 4.74 Å². The third-order valence-corrected chi connectivity index (χ3v) is 5.86. The van der Waals surface area contributed by atoms with Crippen molar-refractivity contribution in [1.29, 1.82) is 0 Å². The number of carbonyl (C=O) groups is 1. The summed E-state index contributed by atoms with van der Waals surface area (Å²) in [5.41, 5.74) is 0.676. The van der Waals surface area contributed by atoms with Gasteiger partial charge in [-0.05, 0) is 39.0 Å². The van der Waals surface area contributed by atoms with Crippen LogP contribution in [0.2, 0.25) is 0 Å². The van der Waals surface area contributed by atoms with E-state index in [1.807, 2.05) is 0 Å². The van der Waals surface area contributed by atoms with Gasteiger partial charge >= 0.3 is 5.97 Å². The molecule has 5 nitrogen and oxygen atoms in total. The maximum absolute atomic E-state index is 11.4. The third kappa shape index (κ3) is 2.79. The molecule has 1 aromatic heterocycles. The maximum atomic E-state index is 11.4. The molecule has 0 saturated carbocycles. The molecule has 2 atom stereocenters. The molecule has 116 valence electrons. The van der Waals surface area contributed by atoms with E-state index >= 15 is 0 Å². The predicted molar refractivity (Wildman–Crippen MR) is 82.3 cm³/mol. The second kappa shape index (κ2) is 5.57. The zero-order valence-electron chi connectivity index (χ0n) is 12.6. The number of rotatable bonds is 3. The first kappa shape index (κ1) is 14.8. The highest BCUT2D eigenvalue weighted by Gasteiger charge is 2.35. The molecule has 3 rings (SSSR count). The Kier molecular flexibility index (Phi) is 3.92. The Labute approximate surface area is 128 Å². The molecule has 0 spiro atoms. The molecule has 1 fully saturated rings. The van der Waals surface area contributed by atoms with Crippen LogP contribution in [0.4, 0.5) is 5.13 Å². The van der Waals surface area contributed by atoms with E-state index in [2.05, 4.69) is 16.8 Å². The smallest absolute Gasteiger partial charge is 0.312 e. The summed E-state index contributed by atoms with van der Waals surface area (Å²) in [7, 11) is 1.76. The lowest BCUT2D eigenvalue weighted by Crippen LogP contribution is -2.47. The number of carboxylic acids is 1. The number of aliphatic carboxylic acids is 1. The van der Waals surface area contributed by atoms with Crippen molar-refractivity contribution in [3.8, 4) is 0 Å². The minimum atomic E-state index is -0.742. The molecule has 21 heavy (non-hydrogen) atoms. The normalized spacial score (nSPS) is 29.2. The van der Waals surface area contributed by atoms with Crippen LogP contribution < -0.4 is 4.90 Å². The van der Waals surface area contributed by atoms with Crippen LogP contribution in [-0.2, 0) is 16.0 Å². The van der Waals surface area contributed by atoms with Crippen LogP contribution >= 0.6 is 11.3 Å². The number of ether oxygens (including phenoxy) is 1. The van der Waals surface area contributed by atoms with Crippen LogP contribution in [0.3, 0.4) is 0 Å². The highest BCUT2D eigenvalue weighted by Crippen LogP contribution is 2.39. The second-order valence-electron chi connectivity index (χ2n) is 6.27. The Balaban J connectivity index is 1.86. The number of aryl methyl sites for hydroxylation is 1. The zero-order chi connectivity index (χ0) is 15.0. The van der Waals surface area contributed by atoms with Crippen LogP contribution in [0.5, 0.6) is 0 Å². The van der Waals surface area contributed by atoms with Gasteiger partial charge in [0.05, 0.1) is 11.3 Å². The highest BCUT2D eigenvalue weighted by molar-refractivity contribution is 7.15. The average Bonchev–Trinajstić information content (AvgIpc) is 2.91. The van der Waals surface area contributed by atoms with E-state index in [-0.39, 0.29) is 5.60 Å². The van der Waals surface area contributed by atoms with Crippen molar-refractivity contribution in [1.82, 2.24) is 4.98 Å². The van der Waals surface area contributed by atoms with Gasteiger partial charge in [0.1, 0.15) is 5.92 Å². The van der Waals surface area contributed by atoms with Gasteiger partial charge in [0.15, 0.2) is 5.13 Å². The predicted octanol–water partition coefficient (Wildman–Crippen LogP) is 2.65. The molecule has 1 aliphatic carbocycles. The molecule has 0 radical (unpaired) electrons. The lowest BCUT2D eigenvalue weighted by atomic mass is 9.91. The van der Waals surface area contributed by atoms with Gasteiger partial charge in [-0.3, -0.25) is 4.79 Å². The van der Waals surface area contributed by atoms with Crippen LogP contribution in [0.1, 0.15) is 49.1 Å². The number of fused-ring (bicyclic) bond motifs is 1. The van der Waals surface area contributed by atoms with Crippen molar-refractivity contribution in [3.63, 3.8) is 0 Å². The number of hydrogen-bond donors (Lipinski definition) is 1. The Bertz CT molecular complexity index is 545. The van der Waals surface area contributed by atoms with Gasteiger partial charge in [0.25, 0.3) is 0 Å². The molecular weight excluding hydrogens is 288 g/mol. The van der Waals surface area contributed by atoms with E-state index in [9.17, 15) is 9.90 Å². The van der Waals surface area contributed by atoms with Crippen LogP contribution in [-0.4, -0.2) is 41.9 Å². The number of thiazole rings is 1. The molecule has 0 amide bonds. The fraction of sp³-hybridized carbons (Fsp3) is 0.733. The molecule has 6 heteroatoms. The number of methoxy groups -OCH3 is 1. The van der Waals surface area contributed by atoms with E-state index in [1.165, 1.54) is 0 Å². The fourth-order valence-electron chi connectivity index (χ4n) is 3.32. The molecule has 1 aromatic rings. The van der Waals surface area contributed by atoms with Crippen molar-refractivity contribution in [2.45, 2.75) is 50.5 Å². The second-order valence-corrected chi connectivity index (χ2v) is 7.33. The van der Waals surface area contributed by atoms with Gasteiger partial charge in [-0.1, -0.05) is 0 Å². The van der Waals surface area contributed by atoms with Crippen molar-refractivity contribution >= 4 is 22.4 Å². The standard InChI is InChI=1S/C15H22N2O3S/c1-15(20-2)7-4-8-17(9-15)14-16-12-10(13(18)19)5-3-6-11(12)21-14/h10H,3-9H2,1-2H3,(H,18,19). The lowest BCUT2D eigenvalue weighted by Gasteiger charge is -2.39. The molecule has 1 aliphatic heterocycles. The number of hydrogen-bond acceptors (Lipinski definition) is 5. The quantitative estimate of drug-likeness (QED) is 0.930. The summed E-state index contributed by atoms with van der Waals surface area (Å²) >= 11 is 1.67. The highest BCUT2D eigenvalue weighted by atomic mass is 32.1. The maximum Gasteiger partial charge on any atom is 0.312 e. The van der Waals surface area contributed by atoms with Crippen molar-refractivity contribution in [3.05, 3.63) is 10.6 Å². The van der Waals surface area contributed by atoms with Gasteiger partial charge < -0.3 is 14.7 Å². The average molecular weight is 310 g/mol. The summed E-state index contributed by atoms with van der Waals surface area (Å²) in [6.07, 6.45) is 4.76. The Morgan fingerprint density at radius 1 is 1.52 bits per heavy atom. The minimum Gasteiger partial charge on any atom is -0.481 e. The van der Waals surface area contributed by atoms with E-state index in [0.29, 0.717) is 6.42 Å². The largest absolute Gasteiger partial charge is 0.481 e. The zero-order valence-corrected chi connectivity index (χ0v) is 13.4. The third-order valence-electron chi connectivity index (χ3n) is 4.66. The summed E-state index contributed by atoms with van der Waals surface area (Å²) < 4.78 is 5.63. The van der Waals surface area contributed by atoms with E-state index < -0.39 is 11.9 Å². The first-order chi connectivity index (χ1) is 10.0. The first-order valence-corrected chi connectivity index (χ1v) is 8.36. The van der Waals surface area contributed by atoms with Crippen molar-refractivity contribution in [2.24, 2.45) is 0 Å². The monoisotopic (exact) mass is 310 g/mol. The summed E-state index contributed by atoms with van der Waals surface area (Å²) in [6.45, 7) is 3.93. The number of nitrogens with zero attached hydrogens (tertiary/aromatic N) is 2. The van der Waals surface area contributed by atoms with Crippen molar-refractivity contribution < 1.29 is 14.6 Å². The van der Waals surface area contributed by atoms with Gasteiger partial charge in [-0.15, -0.1) is 11.3 Å². The fourth-order valence-corrected chi connectivity index (χ4v) is 4.50. The summed E-state index contributed by atoms with van der Waals surface area (Å²) in [6, 6.07) is 0. The molecular formula is C15H22N2O3S. The van der Waals surface area contributed by atoms with E-state index in [1.54, 1.807) is 18.4 Å². The van der Waals surface area contributed by atoms with Gasteiger partial charge in [0.2, 0.25) is 0 Å². The topological polar surface area (TPSA) is 62.7 Å². The summed E-state index contributed by atoms with van der Waals surface area (Å²) in [5.74, 6) is -1.16. The van der Waals surface area contributed by atoms with Gasteiger partial charge in [0, 0.05) is 25.1 Å². The summed E-state index contributed by atoms with van der Waals surface area (Å²) in [4.78, 5) is 19.5. The Morgan fingerprint density at radius 3 is 3.05 bits per heavy atom. The molecule has 2 aliphatic rings. The summed E-state index contributed by atoms with van der Waals surface area (Å²) in [5, 5.41) is 10.3. The number of anilines is 1. The van der Waals surface area contributed by atoms with E-state index in [0.717, 1.165) is 54.5 Å². The molecule has 2 unspecified atom stereocenters. The van der Waals surface area contributed by atoms with Crippen LogP contribution in [0.25, 0.3) is 0 Å². The lowest BCUT2D eigenvalue weighted by molar-refractivity contribution is -0.139. The Morgan fingerprint density at radius 2 is 2.33 bits per heavy atom. The molecule has 2 heterocycles. The van der Waals surface area contributed by atoms with Crippen molar-refractivity contribution in [2.75, 3.05) is 25.1 Å². The Hall–Kier alpha value is -1.14. The molecule has 1 saturated heterocycles. The number of carboxylic acid groups (broad SMARTS) is 1. The van der Waals surface area contributed by atoms with Crippen LogP contribution in [0, 0.1) is 0 Å². The van der Waals surface area contributed by atoms with Gasteiger partial charge in [-0.2, -0.15) is 0 Å².